The minimum Gasteiger partial charge on any atom is -0.367 e. The zero-order valence-corrected chi connectivity index (χ0v) is 8.12. The van der Waals surface area contributed by atoms with Gasteiger partial charge in [0.15, 0.2) is 5.72 Å². The monoisotopic (exact) mass is 207 g/mol. The summed E-state index contributed by atoms with van der Waals surface area (Å²) < 4.78 is 12.7. The predicted octanol–water partition coefficient (Wildman–Crippen LogP) is 1.05. The van der Waals surface area contributed by atoms with Crippen LogP contribution < -0.4 is 5.32 Å². The van der Waals surface area contributed by atoms with Gasteiger partial charge in [-0.2, -0.15) is 0 Å². The zero-order chi connectivity index (χ0) is 11.1. The van der Waals surface area contributed by atoms with Gasteiger partial charge >= 0.3 is 0 Å². The molecule has 2 rings (SSSR count). The van der Waals surface area contributed by atoms with Crippen LogP contribution in [0.2, 0.25) is 0 Å². The van der Waals surface area contributed by atoms with Crippen LogP contribution in [0.5, 0.6) is 0 Å². The van der Waals surface area contributed by atoms with E-state index in [9.17, 15) is 14.3 Å². The number of hydrogen-bond donors (Lipinski definition) is 2. The summed E-state index contributed by atoms with van der Waals surface area (Å²) >= 11 is 0. The summed E-state index contributed by atoms with van der Waals surface area (Å²) in [4.78, 5) is 11.1. The summed E-state index contributed by atoms with van der Waals surface area (Å²) in [5.41, 5.74) is -0.304. The number of carbonyl (C=O) groups is 1. The lowest BCUT2D eigenvalue weighted by Crippen LogP contribution is -2.40. The molecule has 2 N–H and O–H groups in total. The summed E-state index contributed by atoms with van der Waals surface area (Å²) in [6, 6.07) is 5.62. The van der Waals surface area contributed by atoms with Gasteiger partial charge in [-0.1, -0.05) is 12.1 Å². The van der Waals surface area contributed by atoms with Crippen LogP contribution in [0.25, 0.3) is 5.57 Å². The van der Waals surface area contributed by atoms with E-state index in [-0.39, 0.29) is 11.7 Å². The van der Waals surface area contributed by atoms with Crippen molar-refractivity contribution in [2.45, 2.75) is 12.6 Å². The van der Waals surface area contributed by atoms with Crippen molar-refractivity contribution >= 4 is 11.5 Å². The first-order valence-electron chi connectivity index (χ1n) is 4.52. The number of amides is 1. The highest BCUT2D eigenvalue weighted by Crippen LogP contribution is 2.28. The molecule has 1 aromatic carbocycles. The third-order valence-corrected chi connectivity index (χ3v) is 2.32. The fraction of sp³-hybridized carbons (Fsp3) is 0.182. The molecule has 0 bridgehead atoms. The van der Waals surface area contributed by atoms with E-state index in [1.807, 2.05) is 0 Å². The van der Waals surface area contributed by atoms with Gasteiger partial charge in [-0.15, -0.1) is 0 Å². The molecule has 1 aliphatic rings. The van der Waals surface area contributed by atoms with Crippen LogP contribution in [0.1, 0.15) is 12.5 Å². The fourth-order valence-electron chi connectivity index (χ4n) is 1.61. The van der Waals surface area contributed by atoms with Gasteiger partial charge in [0.1, 0.15) is 5.82 Å². The molecule has 15 heavy (non-hydrogen) atoms. The van der Waals surface area contributed by atoms with Gasteiger partial charge in [0, 0.05) is 11.6 Å². The lowest BCUT2D eigenvalue weighted by Gasteiger charge is -2.21. The molecule has 1 unspecified atom stereocenters. The number of carbonyl (C=O) groups excluding carboxylic acids is 1. The molecule has 1 aliphatic heterocycles. The molecular weight excluding hydrogens is 197 g/mol. The third kappa shape index (κ3) is 1.76. The number of aliphatic hydroxyl groups is 1. The van der Waals surface area contributed by atoms with Gasteiger partial charge in [0.25, 0.3) is 0 Å². The summed E-state index contributed by atoms with van der Waals surface area (Å²) in [5.74, 6) is -0.699. The van der Waals surface area contributed by atoms with E-state index in [0.29, 0.717) is 11.1 Å². The molecule has 1 aromatic rings. The van der Waals surface area contributed by atoms with Crippen LogP contribution >= 0.6 is 0 Å². The van der Waals surface area contributed by atoms with Gasteiger partial charge in [-0.05, 0) is 24.6 Å². The molecule has 1 amide bonds. The maximum Gasteiger partial charge on any atom is 0.246 e. The molecule has 0 saturated carbocycles. The Morgan fingerprint density at radius 3 is 2.40 bits per heavy atom. The minimum atomic E-state index is -1.38. The van der Waals surface area contributed by atoms with Crippen LogP contribution in [0.4, 0.5) is 4.39 Å². The molecule has 1 atom stereocenters. The van der Waals surface area contributed by atoms with Gasteiger partial charge < -0.3 is 10.4 Å². The number of hydrogen-bond acceptors (Lipinski definition) is 2. The molecule has 0 fully saturated rings. The maximum absolute atomic E-state index is 12.7. The second-order valence-corrected chi connectivity index (χ2v) is 3.63. The van der Waals surface area contributed by atoms with Crippen molar-refractivity contribution in [2.75, 3.05) is 0 Å². The average Bonchev–Trinajstić information content (AvgIpc) is 2.41. The highest BCUT2D eigenvalue weighted by Gasteiger charge is 2.34. The lowest BCUT2D eigenvalue weighted by atomic mass is 9.99. The zero-order valence-electron chi connectivity index (χ0n) is 8.12. The first kappa shape index (κ1) is 9.86. The number of rotatable bonds is 1. The average molecular weight is 207 g/mol. The Hall–Kier alpha value is -1.68. The minimum absolute atomic E-state index is 0.348. The van der Waals surface area contributed by atoms with E-state index in [0.717, 1.165) is 0 Å². The summed E-state index contributed by atoms with van der Waals surface area (Å²) in [7, 11) is 0. The van der Waals surface area contributed by atoms with Crippen LogP contribution in [0, 0.1) is 5.82 Å². The molecule has 0 radical (unpaired) electrons. The number of halogens is 1. The van der Waals surface area contributed by atoms with Crippen LogP contribution in [0.15, 0.2) is 30.3 Å². The normalized spacial score (nSPS) is 25.0. The van der Waals surface area contributed by atoms with Crippen molar-refractivity contribution in [2.24, 2.45) is 0 Å². The Morgan fingerprint density at radius 1 is 1.33 bits per heavy atom. The highest BCUT2D eigenvalue weighted by molar-refractivity contribution is 6.02. The first-order valence-corrected chi connectivity index (χ1v) is 4.52. The van der Waals surface area contributed by atoms with E-state index in [4.69, 9.17) is 0 Å². The third-order valence-electron chi connectivity index (χ3n) is 2.32. The van der Waals surface area contributed by atoms with Crippen LogP contribution in [-0.2, 0) is 4.79 Å². The largest absolute Gasteiger partial charge is 0.367 e. The van der Waals surface area contributed by atoms with Crippen molar-refractivity contribution < 1.29 is 14.3 Å². The van der Waals surface area contributed by atoms with Gasteiger partial charge in [0.2, 0.25) is 5.91 Å². The van der Waals surface area contributed by atoms with Crippen molar-refractivity contribution in [3.63, 3.8) is 0 Å². The van der Waals surface area contributed by atoms with E-state index < -0.39 is 5.72 Å². The summed E-state index contributed by atoms with van der Waals surface area (Å²) in [6.07, 6.45) is 1.31. The van der Waals surface area contributed by atoms with Gasteiger partial charge in [-0.3, -0.25) is 4.79 Å². The topological polar surface area (TPSA) is 49.3 Å². The summed E-state index contributed by atoms with van der Waals surface area (Å²) in [6.45, 7) is 1.48. The number of nitrogens with one attached hydrogen (secondary N) is 1. The fourth-order valence-corrected chi connectivity index (χ4v) is 1.61. The molecule has 3 nitrogen and oxygen atoms in total. The molecule has 78 valence electrons. The van der Waals surface area contributed by atoms with Gasteiger partial charge in [-0.25, -0.2) is 4.39 Å². The first-order chi connectivity index (χ1) is 6.99. The predicted molar refractivity (Wildman–Crippen MR) is 53.1 cm³/mol. The van der Waals surface area contributed by atoms with Crippen molar-refractivity contribution in [3.8, 4) is 0 Å². The second kappa shape index (κ2) is 3.17. The molecule has 0 saturated heterocycles. The molecule has 0 aliphatic carbocycles. The SMILES string of the molecule is CC1(O)NC(=O)C=C1c1ccc(F)cc1. The lowest BCUT2D eigenvalue weighted by molar-refractivity contribution is -0.119. The Balaban J connectivity index is 2.43. The second-order valence-electron chi connectivity index (χ2n) is 3.63. The molecule has 0 spiro atoms. The molecule has 0 aromatic heterocycles. The smallest absolute Gasteiger partial charge is 0.246 e. The van der Waals surface area contributed by atoms with Gasteiger partial charge in [0.05, 0.1) is 0 Å². The Labute approximate surface area is 86.2 Å². The van der Waals surface area contributed by atoms with E-state index in [1.165, 1.54) is 37.3 Å². The quantitative estimate of drug-likeness (QED) is 0.723. The Kier molecular flexibility index (Phi) is 2.08. The standard InChI is InChI=1S/C11H10FNO2/c1-11(15)9(6-10(14)13-11)7-2-4-8(12)5-3-7/h2-6,15H,1H3,(H,13,14). The Bertz CT molecular complexity index is 434. The van der Waals surface area contributed by atoms with Crippen molar-refractivity contribution in [3.05, 3.63) is 41.7 Å². The molecular formula is C11H10FNO2. The highest BCUT2D eigenvalue weighted by atomic mass is 19.1. The van der Waals surface area contributed by atoms with E-state index in [1.54, 1.807) is 0 Å². The van der Waals surface area contributed by atoms with Crippen molar-refractivity contribution in [1.29, 1.82) is 0 Å². The van der Waals surface area contributed by atoms with Crippen molar-refractivity contribution in [1.82, 2.24) is 5.32 Å². The molecule has 1 heterocycles. The van der Waals surface area contributed by atoms with E-state index >= 15 is 0 Å². The molecule has 4 heteroatoms. The van der Waals surface area contributed by atoms with Crippen LogP contribution in [-0.4, -0.2) is 16.7 Å². The summed E-state index contributed by atoms with van der Waals surface area (Å²) in [5, 5.41) is 12.2. The van der Waals surface area contributed by atoms with Crippen LogP contribution in [0.3, 0.4) is 0 Å². The maximum atomic E-state index is 12.7. The Morgan fingerprint density at radius 2 is 1.93 bits per heavy atom. The van der Waals surface area contributed by atoms with E-state index in [2.05, 4.69) is 5.32 Å². The number of benzene rings is 1.